The van der Waals surface area contributed by atoms with Crippen LogP contribution in [0.25, 0.3) is 16.8 Å². The third-order valence-electron chi connectivity index (χ3n) is 4.18. The van der Waals surface area contributed by atoms with Gasteiger partial charge in [-0.2, -0.15) is 5.26 Å². The van der Waals surface area contributed by atoms with Crippen molar-refractivity contribution in [3.05, 3.63) is 66.0 Å². The lowest BCUT2D eigenvalue weighted by molar-refractivity contribution is 0.0693. The number of benzene rings is 2. The third kappa shape index (κ3) is 3.98. The number of ether oxygens (including phenoxy) is 2. The van der Waals surface area contributed by atoms with Gasteiger partial charge in [-0.15, -0.1) is 0 Å². The monoisotopic (exact) mass is 378 g/mol. The lowest BCUT2D eigenvalue weighted by Crippen LogP contribution is -2.03. The topological polar surface area (TPSA) is 105 Å². The molecule has 0 radical (unpaired) electrons. The van der Waals surface area contributed by atoms with Gasteiger partial charge in [-0.05, 0) is 29.8 Å². The Bertz CT molecular complexity index is 1030. The summed E-state index contributed by atoms with van der Waals surface area (Å²) < 4.78 is 12.2. The van der Waals surface area contributed by atoms with E-state index in [1.54, 1.807) is 30.1 Å². The van der Waals surface area contributed by atoms with Crippen LogP contribution in [0, 0.1) is 11.3 Å². The van der Waals surface area contributed by atoms with E-state index in [-0.39, 0.29) is 11.3 Å². The average molecular weight is 378 g/mol. The van der Waals surface area contributed by atoms with Gasteiger partial charge in [0.25, 0.3) is 0 Å². The van der Waals surface area contributed by atoms with Gasteiger partial charge in [-0.25, -0.2) is 4.79 Å². The molecule has 0 atom stereocenters. The number of carbonyl (C=O) groups is 1. The molecule has 0 bridgehead atoms. The van der Waals surface area contributed by atoms with E-state index in [4.69, 9.17) is 14.6 Å². The summed E-state index contributed by atoms with van der Waals surface area (Å²) in [6.45, 7) is 0.947. The predicted octanol–water partition coefficient (Wildman–Crippen LogP) is 3.44. The summed E-state index contributed by atoms with van der Waals surface area (Å²) in [7, 11) is 1.61. The predicted molar refractivity (Wildman–Crippen MR) is 102 cm³/mol. The van der Waals surface area contributed by atoms with Crippen molar-refractivity contribution in [3.8, 4) is 34.4 Å². The highest BCUT2D eigenvalue weighted by molar-refractivity contribution is 5.91. The number of carboxylic acids is 1. The zero-order chi connectivity index (χ0) is 20.1. The maximum Gasteiger partial charge on any atom is 0.339 e. The van der Waals surface area contributed by atoms with E-state index >= 15 is 0 Å². The second-order valence-electron chi connectivity index (χ2n) is 5.98. The number of aromatic carboxylic acids is 1. The van der Waals surface area contributed by atoms with Gasteiger partial charge in [-0.3, -0.25) is 0 Å². The van der Waals surface area contributed by atoms with Gasteiger partial charge in [0.1, 0.15) is 29.7 Å². The Morgan fingerprint density at radius 3 is 2.50 bits per heavy atom. The molecule has 0 saturated heterocycles. The molecular weight excluding hydrogens is 360 g/mol. The lowest BCUT2D eigenvalue weighted by atomic mass is 10.1. The fourth-order valence-electron chi connectivity index (χ4n) is 2.76. The molecular formula is C21H18N2O5. The molecule has 2 aromatic carbocycles. The Hall–Kier alpha value is -3.76. The van der Waals surface area contributed by atoms with Crippen molar-refractivity contribution >= 4 is 5.97 Å². The highest BCUT2D eigenvalue weighted by Gasteiger charge is 2.13. The standard InChI is InChI=1S/C21H18N2O5/c1-27-8-9-28-17-5-2-14(3-6-17)19-13-23(12-15(19)11-22)16-4-7-18(21(25)26)20(24)10-16/h2-7,10,12-13,24H,8-9H2,1H3,(H,25,26). The van der Waals surface area contributed by atoms with E-state index in [0.29, 0.717) is 35.8 Å². The molecule has 142 valence electrons. The third-order valence-corrected chi connectivity index (χ3v) is 4.18. The number of phenols is 1. The number of aromatic hydroxyl groups is 1. The molecule has 0 spiro atoms. The molecule has 0 aliphatic heterocycles. The van der Waals surface area contributed by atoms with Crippen LogP contribution >= 0.6 is 0 Å². The molecule has 0 fully saturated rings. The number of hydrogen-bond acceptors (Lipinski definition) is 5. The second kappa shape index (κ2) is 8.29. The lowest BCUT2D eigenvalue weighted by Gasteiger charge is -2.07. The molecule has 3 aromatic rings. The van der Waals surface area contributed by atoms with Crippen LogP contribution in [0.5, 0.6) is 11.5 Å². The molecule has 1 aromatic heterocycles. The van der Waals surface area contributed by atoms with Gasteiger partial charge in [-0.1, -0.05) is 12.1 Å². The van der Waals surface area contributed by atoms with Crippen LogP contribution in [-0.2, 0) is 4.74 Å². The van der Waals surface area contributed by atoms with Crippen molar-refractivity contribution in [2.24, 2.45) is 0 Å². The number of carboxylic acid groups (broad SMARTS) is 1. The summed E-state index contributed by atoms with van der Waals surface area (Å²) in [5.41, 5.74) is 2.37. The zero-order valence-electron chi connectivity index (χ0n) is 15.1. The molecule has 2 N–H and O–H groups in total. The van der Waals surface area contributed by atoms with Crippen molar-refractivity contribution < 1.29 is 24.5 Å². The molecule has 1 heterocycles. The van der Waals surface area contributed by atoms with E-state index in [2.05, 4.69) is 6.07 Å². The first-order valence-electron chi connectivity index (χ1n) is 8.44. The molecule has 7 nitrogen and oxygen atoms in total. The van der Waals surface area contributed by atoms with Crippen molar-refractivity contribution in [1.29, 1.82) is 5.26 Å². The average Bonchev–Trinajstić information content (AvgIpc) is 3.13. The van der Waals surface area contributed by atoms with Crippen LogP contribution in [0.2, 0.25) is 0 Å². The minimum atomic E-state index is -1.21. The molecule has 0 amide bonds. The normalized spacial score (nSPS) is 10.4. The van der Waals surface area contributed by atoms with Gasteiger partial charge in [0.2, 0.25) is 0 Å². The number of hydrogen-bond donors (Lipinski definition) is 2. The fraction of sp³-hybridized carbons (Fsp3) is 0.143. The highest BCUT2D eigenvalue weighted by atomic mass is 16.5. The van der Waals surface area contributed by atoms with Crippen LogP contribution in [0.4, 0.5) is 0 Å². The first-order valence-corrected chi connectivity index (χ1v) is 8.44. The second-order valence-corrected chi connectivity index (χ2v) is 5.98. The maximum absolute atomic E-state index is 11.0. The van der Waals surface area contributed by atoms with Crippen LogP contribution < -0.4 is 4.74 Å². The number of nitrogens with zero attached hydrogens (tertiary/aromatic N) is 2. The summed E-state index contributed by atoms with van der Waals surface area (Å²) >= 11 is 0. The maximum atomic E-state index is 11.0. The highest BCUT2D eigenvalue weighted by Crippen LogP contribution is 2.29. The van der Waals surface area contributed by atoms with E-state index in [1.165, 1.54) is 12.1 Å². The minimum absolute atomic E-state index is 0.180. The van der Waals surface area contributed by atoms with E-state index in [9.17, 15) is 15.2 Å². The van der Waals surface area contributed by atoms with Gasteiger partial charge >= 0.3 is 5.97 Å². The summed E-state index contributed by atoms with van der Waals surface area (Å²) in [4.78, 5) is 11.0. The van der Waals surface area contributed by atoms with Crippen molar-refractivity contribution in [2.45, 2.75) is 0 Å². The molecule has 0 unspecified atom stereocenters. The fourth-order valence-corrected chi connectivity index (χ4v) is 2.76. The Kier molecular flexibility index (Phi) is 5.63. The van der Waals surface area contributed by atoms with Crippen LogP contribution in [-0.4, -0.2) is 41.1 Å². The van der Waals surface area contributed by atoms with Gasteiger partial charge in [0.15, 0.2) is 0 Å². The molecule has 7 heteroatoms. The number of aromatic nitrogens is 1. The Labute approximate surface area is 161 Å². The Balaban J connectivity index is 1.90. The van der Waals surface area contributed by atoms with E-state index < -0.39 is 5.97 Å². The van der Waals surface area contributed by atoms with E-state index in [1.807, 2.05) is 24.3 Å². The summed E-state index contributed by atoms with van der Waals surface area (Å²) in [6, 6.07) is 13.7. The molecule has 3 rings (SSSR count). The number of methoxy groups -OCH3 is 1. The van der Waals surface area contributed by atoms with Crippen molar-refractivity contribution in [2.75, 3.05) is 20.3 Å². The summed E-state index contributed by atoms with van der Waals surface area (Å²) in [5, 5.41) is 28.4. The smallest absolute Gasteiger partial charge is 0.339 e. The van der Waals surface area contributed by atoms with Gasteiger partial charge in [0.05, 0.1) is 12.2 Å². The molecule has 28 heavy (non-hydrogen) atoms. The largest absolute Gasteiger partial charge is 0.507 e. The van der Waals surface area contributed by atoms with E-state index in [0.717, 1.165) is 5.56 Å². The SMILES string of the molecule is COCCOc1ccc(-c2cn(-c3ccc(C(=O)O)c(O)c3)cc2C#N)cc1. The summed E-state index contributed by atoms with van der Waals surface area (Å²) in [5.74, 6) is -0.841. The first-order chi connectivity index (χ1) is 13.5. The minimum Gasteiger partial charge on any atom is -0.507 e. The van der Waals surface area contributed by atoms with Crippen molar-refractivity contribution in [3.63, 3.8) is 0 Å². The Morgan fingerprint density at radius 2 is 1.89 bits per heavy atom. The molecule has 0 aliphatic carbocycles. The molecule has 0 saturated carbocycles. The van der Waals surface area contributed by atoms with Gasteiger partial charge in [0, 0.05) is 36.8 Å². The molecule has 0 aliphatic rings. The summed E-state index contributed by atoms with van der Waals surface area (Å²) in [6.07, 6.45) is 3.39. The van der Waals surface area contributed by atoms with Crippen LogP contribution in [0.15, 0.2) is 54.9 Å². The van der Waals surface area contributed by atoms with Crippen LogP contribution in [0.3, 0.4) is 0 Å². The Morgan fingerprint density at radius 1 is 1.14 bits per heavy atom. The quantitative estimate of drug-likeness (QED) is 0.610. The van der Waals surface area contributed by atoms with Crippen LogP contribution in [0.1, 0.15) is 15.9 Å². The number of rotatable bonds is 7. The van der Waals surface area contributed by atoms with Gasteiger partial charge < -0.3 is 24.3 Å². The zero-order valence-corrected chi connectivity index (χ0v) is 15.1. The van der Waals surface area contributed by atoms with Crippen molar-refractivity contribution in [1.82, 2.24) is 4.57 Å². The first kappa shape index (κ1) is 19.0. The number of nitriles is 1.